The van der Waals surface area contributed by atoms with Crippen molar-refractivity contribution in [1.29, 1.82) is 0 Å². The van der Waals surface area contributed by atoms with Crippen LogP contribution >= 0.6 is 0 Å². The highest BCUT2D eigenvalue weighted by molar-refractivity contribution is 5.93. The van der Waals surface area contributed by atoms with E-state index in [2.05, 4.69) is 0 Å². The first-order valence-corrected chi connectivity index (χ1v) is 11.2. The monoisotopic (exact) mass is 490 g/mol. The van der Waals surface area contributed by atoms with Gasteiger partial charge in [0.15, 0.2) is 0 Å². The Morgan fingerprint density at radius 2 is 1.60 bits per heavy atom. The molecule has 2 N–H and O–H groups in total. The number of alkyl carbamates (subject to hydrolysis) is 1. The molecule has 2 aromatic rings. The number of carboxylic acid groups (broad SMARTS) is 1. The molecule has 2 aromatic carbocycles. The molecule has 0 spiro atoms. The summed E-state index contributed by atoms with van der Waals surface area (Å²) in [4.78, 5) is 37.8. The first kappa shape index (κ1) is 24.6. The van der Waals surface area contributed by atoms with Crippen molar-refractivity contribution < 1.29 is 37.4 Å². The highest BCUT2D eigenvalue weighted by atomic mass is 19.4. The molecule has 10 heteroatoms. The molecule has 1 fully saturated rings. The number of hydrogen-bond donors (Lipinski definition) is 2. The lowest BCUT2D eigenvalue weighted by molar-refractivity contribution is -0.201. The van der Waals surface area contributed by atoms with Crippen molar-refractivity contribution in [3.8, 4) is 11.1 Å². The topological polar surface area (TPSA) is 95.9 Å². The number of nitrogens with one attached hydrogen (secondary N) is 1. The van der Waals surface area contributed by atoms with Gasteiger partial charge < -0.3 is 14.7 Å². The minimum Gasteiger partial charge on any atom is -0.480 e. The Labute approximate surface area is 199 Å². The fourth-order valence-corrected chi connectivity index (χ4v) is 4.92. The summed E-state index contributed by atoms with van der Waals surface area (Å²) in [5.74, 6) is -3.83. The fraction of sp³-hybridized carbons (Fsp3) is 0.400. The van der Waals surface area contributed by atoms with Crippen molar-refractivity contribution in [1.82, 2.24) is 10.2 Å². The van der Waals surface area contributed by atoms with Gasteiger partial charge in [-0.25, -0.2) is 9.59 Å². The Hall–Kier alpha value is -3.56. The van der Waals surface area contributed by atoms with Crippen LogP contribution in [0.2, 0.25) is 0 Å². The van der Waals surface area contributed by atoms with Crippen LogP contribution in [0.1, 0.15) is 37.3 Å². The quantitative estimate of drug-likeness (QED) is 0.656. The number of carbonyl (C=O) groups is 3. The summed E-state index contributed by atoms with van der Waals surface area (Å²) >= 11 is 0. The van der Waals surface area contributed by atoms with E-state index < -0.39 is 41.6 Å². The van der Waals surface area contributed by atoms with E-state index in [1.54, 1.807) is 12.2 Å². The smallest absolute Gasteiger partial charge is 0.420 e. The largest absolute Gasteiger partial charge is 0.480 e. The minimum atomic E-state index is -5.19. The highest BCUT2D eigenvalue weighted by Gasteiger charge is 2.61. The molecule has 0 bridgehead atoms. The Balaban J connectivity index is 1.52. The number of ether oxygens (including phenoxy) is 1. The number of fused-ring (bicyclic) bond motifs is 3. The zero-order valence-corrected chi connectivity index (χ0v) is 19.1. The molecule has 2 aliphatic rings. The van der Waals surface area contributed by atoms with Crippen molar-refractivity contribution in [3.63, 3.8) is 0 Å². The van der Waals surface area contributed by atoms with Crippen LogP contribution in [0.15, 0.2) is 48.5 Å². The number of alkyl halides is 3. The molecule has 7 nitrogen and oxygen atoms in total. The molecule has 1 heterocycles. The second-order valence-electron chi connectivity index (χ2n) is 9.12. The number of amides is 2. The Morgan fingerprint density at radius 3 is 2.11 bits per heavy atom. The van der Waals surface area contributed by atoms with Crippen LogP contribution in [0.3, 0.4) is 0 Å². The number of likely N-dealkylation sites (tertiary alicyclic amines) is 1. The van der Waals surface area contributed by atoms with Crippen molar-refractivity contribution in [2.45, 2.75) is 43.9 Å². The number of halogens is 3. The molecule has 0 saturated carbocycles. The standard InChI is InChI=1S/C25H25F3N2O5/c1-14-11-12-30(20(14)21(31)32)22(33)24(2,25(26,27)28)29-23(34)35-13-19-17-9-5-3-7-15(17)16-8-4-6-10-18(16)19/h3-10,14,19-20H,11-13H2,1-2H3,(H,29,34)(H,31,32). The van der Waals surface area contributed by atoms with Gasteiger partial charge in [-0.15, -0.1) is 0 Å². The molecule has 35 heavy (non-hydrogen) atoms. The first-order valence-electron chi connectivity index (χ1n) is 11.2. The molecule has 0 aromatic heterocycles. The fourth-order valence-electron chi connectivity index (χ4n) is 4.92. The van der Waals surface area contributed by atoms with E-state index >= 15 is 0 Å². The summed E-state index contributed by atoms with van der Waals surface area (Å²) in [6, 6.07) is 13.6. The first-order chi connectivity index (χ1) is 16.5. The van der Waals surface area contributed by atoms with Crippen LogP contribution in [0.4, 0.5) is 18.0 Å². The van der Waals surface area contributed by atoms with Gasteiger partial charge in [0.2, 0.25) is 5.54 Å². The molecule has 1 aliphatic carbocycles. The lowest BCUT2D eigenvalue weighted by Crippen LogP contribution is -2.67. The minimum absolute atomic E-state index is 0.158. The third-order valence-electron chi connectivity index (χ3n) is 6.90. The highest BCUT2D eigenvalue weighted by Crippen LogP contribution is 2.44. The predicted molar refractivity (Wildman–Crippen MR) is 120 cm³/mol. The Kier molecular flexibility index (Phi) is 6.25. The summed E-state index contributed by atoms with van der Waals surface area (Å²) in [6.07, 6.45) is -6.37. The van der Waals surface area contributed by atoms with E-state index in [1.807, 2.05) is 48.5 Å². The van der Waals surface area contributed by atoms with Gasteiger partial charge in [0.25, 0.3) is 5.91 Å². The molecule has 3 unspecified atom stereocenters. The molecular formula is C25H25F3N2O5. The summed E-state index contributed by atoms with van der Waals surface area (Å²) < 4.78 is 47.4. The normalized spacial score (nSPS) is 21.1. The second-order valence-corrected chi connectivity index (χ2v) is 9.12. The van der Waals surface area contributed by atoms with Crippen molar-refractivity contribution in [2.75, 3.05) is 13.2 Å². The van der Waals surface area contributed by atoms with Gasteiger partial charge in [0.1, 0.15) is 12.6 Å². The zero-order valence-electron chi connectivity index (χ0n) is 19.1. The van der Waals surface area contributed by atoms with Gasteiger partial charge >= 0.3 is 18.2 Å². The van der Waals surface area contributed by atoms with E-state index in [-0.39, 0.29) is 25.5 Å². The van der Waals surface area contributed by atoms with Crippen LogP contribution in [0.5, 0.6) is 0 Å². The van der Waals surface area contributed by atoms with Crippen LogP contribution in [-0.2, 0) is 14.3 Å². The van der Waals surface area contributed by atoms with Crippen LogP contribution in [0.25, 0.3) is 11.1 Å². The molecule has 4 rings (SSSR count). The summed E-state index contributed by atoms with van der Waals surface area (Å²) in [6.45, 7) is 1.68. The van der Waals surface area contributed by atoms with Gasteiger partial charge in [0, 0.05) is 12.5 Å². The van der Waals surface area contributed by atoms with Gasteiger partial charge in [-0.2, -0.15) is 13.2 Å². The Bertz CT molecular complexity index is 1120. The van der Waals surface area contributed by atoms with E-state index in [4.69, 9.17) is 4.74 Å². The predicted octanol–water partition coefficient (Wildman–Crippen LogP) is 4.17. The van der Waals surface area contributed by atoms with E-state index in [0.717, 1.165) is 22.3 Å². The lowest BCUT2D eigenvalue weighted by atomic mass is 9.97. The maximum absolute atomic E-state index is 14.1. The summed E-state index contributed by atoms with van der Waals surface area (Å²) in [7, 11) is 0. The molecule has 1 saturated heterocycles. The molecule has 186 valence electrons. The van der Waals surface area contributed by atoms with Crippen LogP contribution in [0, 0.1) is 5.92 Å². The van der Waals surface area contributed by atoms with Crippen molar-refractivity contribution in [2.24, 2.45) is 5.92 Å². The molecule has 2 amide bonds. The maximum Gasteiger partial charge on any atom is 0.420 e. The third kappa shape index (κ3) is 4.21. The number of rotatable bonds is 5. The molecule has 0 radical (unpaired) electrons. The number of aliphatic carboxylic acids is 1. The number of benzene rings is 2. The van der Waals surface area contributed by atoms with E-state index in [9.17, 15) is 32.7 Å². The Morgan fingerprint density at radius 1 is 1.06 bits per heavy atom. The molecule has 1 aliphatic heterocycles. The molecular weight excluding hydrogens is 465 g/mol. The van der Waals surface area contributed by atoms with Crippen molar-refractivity contribution >= 4 is 18.0 Å². The second kappa shape index (κ2) is 8.90. The maximum atomic E-state index is 14.1. The van der Waals surface area contributed by atoms with Gasteiger partial charge in [-0.3, -0.25) is 10.1 Å². The van der Waals surface area contributed by atoms with Gasteiger partial charge in [-0.1, -0.05) is 55.5 Å². The SMILES string of the molecule is CC1CCN(C(=O)C(C)(NC(=O)OCC2c3ccccc3-c3ccccc32)C(F)(F)F)C1C(=O)O. The number of carbonyl (C=O) groups excluding carboxylic acids is 2. The van der Waals surface area contributed by atoms with Gasteiger partial charge in [0.05, 0.1) is 0 Å². The van der Waals surface area contributed by atoms with E-state index in [0.29, 0.717) is 11.8 Å². The number of hydrogen-bond acceptors (Lipinski definition) is 4. The number of carboxylic acids is 1. The molecule has 3 atom stereocenters. The zero-order chi connectivity index (χ0) is 25.5. The van der Waals surface area contributed by atoms with Gasteiger partial charge in [-0.05, 0) is 41.5 Å². The third-order valence-corrected chi connectivity index (χ3v) is 6.90. The average molecular weight is 490 g/mol. The van der Waals surface area contributed by atoms with Crippen LogP contribution in [-0.4, -0.2) is 58.9 Å². The number of nitrogens with zero attached hydrogens (tertiary/aromatic N) is 1. The summed E-state index contributed by atoms with van der Waals surface area (Å²) in [5.41, 5.74) is 0.316. The summed E-state index contributed by atoms with van der Waals surface area (Å²) in [5, 5.41) is 11.1. The van der Waals surface area contributed by atoms with Crippen molar-refractivity contribution in [3.05, 3.63) is 59.7 Å². The van der Waals surface area contributed by atoms with Crippen LogP contribution < -0.4 is 5.32 Å². The van der Waals surface area contributed by atoms with E-state index in [1.165, 1.54) is 0 Å². The average Bonchev–Trinajstić information content (AvgIpc) is 3.34. The lowest BCUT2D eigenvalue weighted by Gasteiger charge is -2.36.